The molecule has 0 saturated carbocycles. The number of rotatable bonds is 6. The molecular weight excluding hydrogens is 433 g/mol. The lowest BCUT2D eigenvalue weighted by atomic mass is 10.1. The second-order valence-corrected chi connectivity index (χ2v) is 8.06. The van der Waals surface area contributed by atoms with Gasteiger partial charge in [-0.25, -0.2) is 4.98 Å². The lowest BCUT2D eigenvalue weighted by Gasteiger charge is -2.08. The molecule has 0 aliphatic heterocycles. The van der Waals surface area contributed by atoms with Crippen molar-refractivity contribution in [1.82, 2.24) is 4.98 Å². The van der Waals surface area contributed by atoms with E-state index in [-0.39, 0.29) is 10.6 Å². The molecule has 1 N–H and O–H groups in total. The Morgan fingerprint density at radius 1 is 1.17 bits per heavy atom. The Hall–Kier alpha value is -2.64. The minimum Gasteiger partial charge on any atom is -0.298 e. The van der Waals surface area contributed by atoms with Crippen molar-refractivity contribution in [1.29, 1.82) is 0 Å². The van der Waals surface area contributed by atoms with Gasteiger partial charge in [0.25, 0.3) is 0 Å². The summed E-state index contributed by atoms with van der Waals surface area (Å²) in [4.78, 5) is 17.3. The van der Waals surface area contributed by atoms with E-state index in [1.165, 1.54) is 23.0 Å². The van der Waals surface area contributed by atoms with Crippen molar-refractivity contribution in [3.05, 3.63) is 86.9 Å². The molecule has 0 spiro atoms. The van der Waals surface area contributed by atoms with Gasteiger partial charge in [0.2, 0.25) is 5.91 Å². The smallest absolute Gasteiger partial charge is 0.298 e. The van der Waals surface area contributed by atoms with Crippen LogP contribution in [0.2, 0.25) is 5.02 Å². The summed E-state index contributed by atoms with van der Waals surface area (Å²) < 4.78 is 38.5. The highest BCUT2D eigenvalue weighted by atomic mass is 35.5. The Morgan fingerprint density at radius 2 is 1.87 bits per heavy atom. The molecule has 156 valence electrons. The van der Waals surface area contributed by atoms with Crippen LogP contribution in [0.15, 0.2) is 54.7 Å². The van der Waals surface area contributed by atoms with Crippen molar-refractivity contribution in [2.45, 2.75) is 25.9 Å². The van der Waals surface area contributed by atoms with E-state index < -0.39 is 17.6 Å². The van der Waals surface area contributed by atoms with E-state index in [4.69, 9.17) is 11.6 Å². The molecule has 0 aliphatic carbocycles. The molecule has 0 radical (unpaired) electrons. The predicted octanol–water partition coefficient (Wildman–Crippen LogP) is 6.62. The summed E-state index contributed by atoms with van der Waals surface area (Å²) >= 11 is 7.27. The van der Waals surface area contributed by atoms with E-state index in [1.54, 1.807) is 6.20 Å². The van der Waals surface area contributed by atoms with Gasteiger partial charge in [-0.05, 0) is 47.4 Å². The number of aromatic nitrogens is 1. The zero-order valence-electron chi connectivity index (χ0n) is 16.0. The molecule has 3 rings (SSSR count). The number of aryl methyl sites for hydroxylation is 1. The molecule has 0 atom stereocenters. The first-order chi connectivity index (χ1) is 14.2. The SMILES string of the molecule is CCc1ccc(Cc2cnc(NC(=O)/C=C/c3cc(C(F)(F)F)ccc3Cl)s2)cc1. The Balaban J connectivity index is 1.63. The Bertz CT molecular complexity index is 1060. The van der Waals surface area contributed by atoms with Gasteiger partial charge >= 0.3 is 6.18 Å². The van der Waals surface area contributed by atoms with Gasteiger partial charge in [0.05, 0.1) is 5.56 Å². The number of halogens is 4. The lowest BCUT2D eigenvalue weighted by molar-refractivity contribution is -0.137. The third kappa shape index (κ3) is 5.93. The number of benzene rings is 2. The number of anilines is 1. The molecule has 0 fully saturated rings. The third-order valence-corrected chi connectivity index (χ3v) is 5.59. The van der Waals surface area contributed by atoms with Crippen LogP contribution in [-0.4, -0.2) is 10.9 Å². The molecule has 0 saturated heterocycles. The maximum absolute atomic E-state index is 12.8. The molecule has 1 heterocycles. The summed E-state index contributed by atoms with van der Waals surface area (Å²) in [6.45, 7) is 2.10. The fraction of sp³-hybridized carbons (Fsp3) is 0.182. The van der Waals surface area contributed by atoms with E-state index in [0.29, 0.717) is 11.6 Å². The van der Waals surface area contributed by atoms with Crippen LogP contribution in [0.25, 0.3) is 6.08 Å². The number of carbonyl (C=O) groups is 1. The van der Waals surface area contributed by atoms with Crippen molar-refractivity contribution in [2.75, 3.05) is 5.32 Å². The van der Waals surface area contributed by atoms with Crippen LogP contribution in [0.1, 0.15) is 34.1 Å². The monoisotopic (exact) mass is 450 g/mol. The predicted molar refractivity (Wildman–Crippen MR) is 115 cm³/mol. The summed E-state index contributed by atoms with van der Waals surface area (Å²) in [5, 5.41) is 3.16. The van der Waals surface area contributed by atoms with Crippen LogP contribution in [0.5, 0.6) is 0 Å². The fourth-order valence-corrected chi connectivity index (χ4v) is 3.73. The second kappa shape index (κ2) is 9.45. The zero-order valence-corrected chi connectivity index (χ0v) is 17.5. The van der Waals surface area contributed by atoms with E-state index >= 15 is 0 Å². The number of nitrogens with one attached hydrogen (secondary N) is 1. The Labute approximate surface area is 181 Å². The molecule has 0 aliphatic rings. The number of hydrogen-bond acceptors (Lipinski definition) is 3. The van der Waals surface area contributed by atoms with Gasteiger partial charge in [-0.3, -0.25) is 10.1 Å². The number of nitrogens with zero attached hydrogens (tertiary/aromatic N) is 1. The summed E-state index contributed by atoms with van der Waals surface area (Å²) in [5.74, 6) is -0.503. The molecule has 30 heavy (non-hydrogen) atoms. The standard InChI is InChI=1S/C22H18ClF3N2OS/c1-2-14-3-5-15(6-4-14)11-18-13-27-21(30-18)28-20(29)10-7-16-12-17(22(24,25)26)8-9-19(16)23/h3-10,12-13H,2,11H2,1H3,(H,27,28,29)/b10-7+. The summed E-state index contributed by atoms with van der Waals surface area (Å²) in [5.41, 5.74) is 1.69. The van der Waals surface area contributed by atoms with Crippen molar-refractivity contribution < 1.29 is 18.0 Å². The van der Waals surface area contributed by atoms with E-state index in [2.05, 4.69) is 41.5 Å². The molecule has 2 aromatic carbocycles. The molecule has 8 heteroatoms. The third-order valence-electron chi connectivity index (χ3n) is 4.33. The molecule has 1 aromatic heterocycles. The first-order valence-corrected chi connectivity index (χ1v) is 10.3. The van der Waals surface area contributed by atoms with Crippen LogP contribution >= 0.6 is 22.9 Å². The van der Waals surface area contributed by atoms with Crippen LogP contribution < -0.4 is 5.32 Å². The highest BCUT2D eigenvalue weighted by Crippen LogP contribution is 2.32. The molecule has 0 unspecified atom stereocenters. The van der Waals surface area contributed by atoms with Gasteiger partial charge in [-0.15, -0.1) is 11.3 Å². The van der Waals surface area contributed by atoms with E-state index in [1.807, 2.05) is 0 Å². The number of amides is 1. The molecule has 0 bridgehead atoms. The summed E-state index contributed by atoms with van der Waals surface area (Å²) in [6, 6.07) is 11.3. The number of hydrogen-bond donors (Lipinski definition) is 1. The fourth-order valence-electron chi connectivity index (χ4n) is 2.70. The number of carbonyl (C=O) groups excluding carboxylic acids is 1. The van der Waals surface area contributed by atoms with Gasteiger partial charge < -0.3 is 0 Å². The van der Waals surface area contributed by atoms with E-state index in [0.717, 1.165) is 41.1 Å². The lowest BCUT2D eigenvalue weighted by Crippen LogP contribution is -2.07. The van der Waals surface area contributed by atoms with Gasteiger partial charge in [-0.1, -0.05) is 42.8 Å². The highest BCUT2D eigenvalue weighted by molar-refractivity contribution is 7.15. The molecular formula is C22H18ClF3N2OS. The van der Waals surface area contributed by atoms with Crippen LogP contribution in [0.4, 0.5) is 18.3 Å². The van der Waals surface area contributed by atoms with Gasteiger partial charge in [0.15, 0.2) is 5.13 Å². The van der Waals surface area contributed by atoms with Gasteiger partial charge in [0.1, 0.15) is 0 Å². The van der Waals surface area contributed by atoms with Crippen LogP contribution in [0.3, 0.4) is 0 Å². The number of alkyl halides is 3. The number of thiazole rings is 1. The summed E-state index contributed by atoms with van der Waals surface area (Å²) in [6.07, 6.45) is 1.27. The van der Waals surface area contributed by atoms with Crippen LogP contribution in [-0.2, 0) is 23.8 Å². The van der Waals surface area contributed by atoms with Crippen LogP contribution in [0, 0.1) is 0 Å². The van der Waals surface area contributed by atoms with E-state index in [9.17, 15) is 18.0 Å². The molecule has 1 amide bonds. The normalized spacial score (nSPS) is 11.8. The first kappa shape index (κ1) is 22.1. The minimum absolute atomic E-state index is 0.108. The molecule has 3 aromatic rings. The maximum atomic E-state index is 12.8. The Kier molecular flexibility index (Phi) is 6.95. The average molecular weight is 451 g/mol. The van der Waals surface area contributed by atoms with Crippen molar-refractivity contribution >= 4 is 40.1 Å². The first-order valence-electron chi connectivity index (χ1n) is 9.13. The van der Waals surface area contributed by atoms with Crippen molar-refractivity contribution in [3.8, 4) is 0 Å². The minimum atomic E-state index is -4.48. The zero-order chi connectivity index (χ0) is 21.7. The topological polar surface area (TPSA) is 42.0 Å². The summed E-state index contributed by atoms with van der Waals surface area (Å²) in [7, 11) is 0. The average Bonchev–Trinajstić information content (AvgIpc) is 3.13. The maximum Gasteiger partial charge on any atom is 0.416 e. The Morgan fingerprint density at radius 3 is 2.53 bits per heavy atom. The quantitative estimate of drug-likeness (QED) is 0.429. The van der Waals surface area contributed by atoms with Gasteiger partial charge in [0, 0.05) is 28.6 Å². The second-order valence-electron chi connectivity index (χ2n) is 6.54. The van der Waals surface area contributed by atoms with Gasteiger partial charge in [-0.2, -0.15) is 13.2 Å². The largest absolute Gasteiger partial charge is 0.416 e. The van der Waals surface area contributed by atoms with Crippen molar-refractivity contribution in [2.24, 2.45) is 0 Å². The molecule has 3 nitrogen and oxygen atoms in total. The highest BCUT2D eigenvalue weighted by Gasteiger charge is 2.30. The van der Waals surface area contributed by atoms with Crippen molar-refractivity contribution in [3.63, 3.8) is 0 Å².